The van der Waals surface area contributed by atoms with Gasteiger partial charge < -0.3 is 8.83 Å². The highest BCUT2D eigenvalue weighted by atomic mass is 16.3. The van der Waals surface area contributed by atoms with E-state index in [1.54, 1.807) is 19.1 Å². The summed E-state index contributed by atoms with van der Waals surface area (Å²) < 4.78 is 11.3. The van der Waals surface area contributed by atoms with Gasteiger partial charge in [0.1, 0.15) is 17.1 Å². The number of fused-ring (bicyclic) bond motifs is 1. The predicted molar refractivity (Wildman–Crippen MR) is 101 cm³/mol. The molecule has 3 aromatic rings. The van der Waals surface area contributed by atoms with Gasteiger partial charge in [-0.1, -0.05) is 25.1 Å². The summed E-state index contributed by atoms with van der Waals surface area (Å²) in [7, 11) is 0. The molecule has 1 fully saturated rings. The van der Waals surface area contributed by atoms with Crippen LogP contribution in [0, 0.1) is 12.8 Å². The number of para-hydroxylation sites is 1. The molecule has 2 atom stereocenters. The fraction of sp³-hybridized carbons (Fsp3) is 0.238. The van der Waals surface area contributed by atoms with E-state index in [0.29, 0.717) is 23.2 Å². The minimum Gasteiger partial charge on any atom is -0.461 e. The zero-order chi connectivity index (χ0) is 19.0. The molecule has 6 heteroatoms. The van der Waals surface area contributed by atoms with E-state index in [1.807, 2.05) is 30.3 Å². The topological polar surface area (TPSA) is 84.5 Å². The molecule has 2 N–H and O–H groups in total. The number of hydrogen-bond donors (Lipinski definition) is 2. The summed E-state index contributed by atoms with van der Waals surface area (Å²) >= 11 is 0. The lowest BCUT2D eigenvalue weighted by atomic mass is 10.1. The third-order valence-electron chi connectivity index (χ3n) is 4.87. The summed E-state index contributed by atoms with van der Waals surface area (Å²) in [4.78, 5) is 24.2. The van der Waals surface area contributed by atoms with E-state index in [-0.39, 0.29) is 5.76 Å². The molecule has 0 aliphatic heterocycles. The highest BCUT2D eigenvalue weighted by Gasteiger charge is 2.36. The van der Waals surface area contributed by atoms with Crippen molar-refractivity contribution in [1.29, 1.82) is 0 Å². The Bertz CT molecular complexity index is 1040. The van der Waals surface area contributed by atoms with Gasteiger partial charge in [0, 0.05) is 22.9 Å². The second-order valence-electron chi connectivity index (χ2n) is 6.89. The van der Waals surface area contributed by atoms with Crippen LogP contribution in [0.2, 0.25) is 0 Å². The van der Waals surface area contributed by atoms with Gasteiger partial charge in [-0.15, -0.1) is 0 Å². The van der Waals surface area contributed by atoms with Crippen molar-refractivity contribution in [2.24, 2.45) is 5.92 Å². The summed E-state index contributed by atoms with van der Waals surface area (Å²) in [5.41, 5.74) is 6.06. The highest BCUT2D eigenvalue weighted by molar-refractivity contribution is 6.00. The van der Waals surface area contributed by atoms with Crippen LogP contribution >= 0.6 is 0 Å². The average Bonchev–Trinajstić information content (AvgIpc) is 3.07. The summed E-state index contributed by atoms with van der Waals surface area (Å²) in [5.74, 6) is 1.92. The van der Waals surface area contributed by atoms with Crippen LogP contribution in [-0.4, -0.2) is 11.8 Å². The third kappa shape index (κ3) is 3.51. The van der Waals surface area contributed by atoms with Gasteiger partial charge in [0.15, 0.2) is 5.76 Å². The van der Waals surface area contributed by atoms with Gasteiger partial charge in [0.2, 0.25) is 0 Å². The SMILES string of the molecule is Cc1c(C(=O)NNC(=O)/C=C/c2ccc(C3CC3C)o2)oc2ccccc12. The Hall–Kier alpha value is -3.28. The van der Waals surface area contributed by atoms with E-state index in [0.717, 1.165) is 23.1 Å². The van der Waals surface area contributed by atoms with Gasteiger partial charge >= 0.3 is 5.91 Å². The van der Waals surface area contributed by atoms with Gasteiger partial charge in [-0.3, -0.25) is 20.4 Å². The maximum atomic E-state index is 12.3. The molecule has 1 saturated carbocycles. The molecule has 0 bridgehead atoms. The minimum absolute atomic E-state index is 0.176. The molecular weight excluding hydrogens is 344 g/mol. The number of benzene rings is 1. The lowest BCUT2D eigenvalue weighted by Crippen LogP contribution is -2.40. The summed E-state index contributed by atoms with van der Waals surface area (Å²) in [5, 5.41) is 0.868. The van der Waals surface area contributed by atoms with Crippen LogP contribution in [0.3, 0.4) is 0 Å². The molecule has 0 radical (unpaired) electrons. The van der Waals surface area contributed by atoms with Crippen LogP contribution < -0.4 is 10.9 Å². The molecule has 2 unspecified atom stereocenters. The molecule has 2 amide bonds. The minimum atomic E-state index is -0.506. The first-order valence-corrected chi connectivity index (χ1v) is 8.89. The number of rotatable bonds is 4. The van der Waals surface area contributed by atoms with Crippen LogP contribution in [0.5, 0.6) is 0 Å². The Morgan fingerprint density at radius 1 is 1.11 bits per heavy atom. The first-order valence-electron chi connectivity index (χ1n) is 8.89. The Kier molecular flexibility index (Phi) is 4.32. The maximum absolute atomic E-state index is 12.3. The smallest absolute Gasteiger partial charge is 0.305 e. The van der Waals surface area contributed by atoms with Crippen molar-refractivity contribution in [1.82, 2.24) is 10.9 Å². The molecule has 1 aliphatic carbocycles. The summed E-state index contributed by atoms with van der Waals surface area (Å²) in [6, 6.07) is 11.2. The van der Waals surface area contributed by atoms with Crippen LogP contribution in [0.1, 0.15) is 46.9 Å². The average molecular weight is 364 g/mol. The largest absolute Gasteiger partial charge is 0.461 e. The van der Waals surface area contributed by atoms with Crippen molar-refractivity contribution in [3.05, 3.63) is 65.3 Å². The fourth-order valence-electron chi connectivity index (χ4n) is 3.14. The number of nitrogens with one attached hydrogen (secondary N) is 2. The molecule has 2 heterocycles. The molecule has 0 saturated heterocycles. The van der Waals surface area contributed by atoms with Crippen LogP contribution in [0.4, 0.5) is 0 Å². The number of amides is 2. The van der Waals surface area contributed by atoms with E-state index in [2.05, 4.69) is 17.8 Å². The van der Waals surface area contributed by atoms with Crippen molar-refractivity contribution >= 4 is 28.9 Å². The third-order valence-corrected chi connectivity index (χ3v) is 4.87. The molecule has 138 valence electrons. The van der Waals surface area contributed by atoms with Gasteiger partial charge in [-0.2, -0.15) is 0 Å². The first-order chi connectivity index (χ1) is 13.0. The molecular formula is C21H20N2O4. The standard InChI is InChI=1S/C21H20N2O4/c1-12-11-16(12)18-9-7-14(26-18)8-10-19(24)22-23-21(25)20-13(2)15-5-3-4-6-17(15)27-20/h3-10,12,16H,11H2,1-2H3,(H,22,24)(H,23,25)/b10-8+. The normalized spacial score (nSPS) is 18.7. The van der Waals surface area contributed by atoms with Crippen molar-refractivity contribution < 1.29 is 18.4 Å². The number of aryl methyl sites for hydroxylation is 1. The number of furan rings is 2. The molecule has 0 spiro atoms. The van der Waals surface area contributed by atoms with E-state index < -0.39 is 11.8 Å². The Morgan fingerprint density at radius 3 is 2.63 bits per heavy atom. The van der Waals surface area contributed by atoms with Crippen molar-refractivity contribution in [2.75, 3.05) is 0 Å². The van der Waals surface area contributed by atoms with Crippen LogP contribution in [0.15, 0.2) is 51.3 Å². The zero-order valence-electron chi connectivity index (χ0n) is 15.1. The van der Waals surface area contributed by atoms with E-state index in [1.165, 1.54) is 6.08 Å². The predicted octanol–water partition coefficient (Wildman–Crippen LogP) is 3.93. The first kappa shape index (κ1) is 17.1. The fourth-order valence-corrected chi connectivity index (χ4v) is 3.14. The molecule has 1 aliphatic rings. The van der Waals surface area contributed by atoms with Gasteiger partial charge in [-0.25, -0.2) is 0 Å². The van der Waals surface area contributed by atoms with Gasteiger partial charge in [-0.05, 0) is 43.5 Å². The number of carbonyl (C=O) groups excluding carboxylic acids is 2. The number of carbonyl (C=O) groups is 2. The van der Waals surface area contributed by atoms with Crippen molar-refractivity contribution in [3.8, 4) is 0 Å². The van der Waals surface area contributed by atoms with Crippen molar-refractivity contribution in [3.63, 3.8) is 0 Å². The quantitative estimate of drug-likeness (QED) is 0.543. The van der Waals surface area contributed by atoms with E-state index in [9.17, 15) is 9.59 Å². The monoisotopic (exact) mass is 364 g/mol. The maximum Gasteiger partial charge on any atom is 0.305 e. The van der Waals surface area contributed by atoms with E-state index in [4.69, 9.17) is 8.83 Å². The van der Waals surface area contributed by atoms with Gasteiger partial charge in [0.05, 0.1) is 0 Å². The van der Waals surface area contributed by atoms with E-state index >= 15 is 0 Å². The molecule has 6 nitrogen and oxygen atoms in total. The molecule has 27 heavy (non-hydrogen) atoms. The summed E-state index contributed by atoms with van der Waals surface area (Å²) in [6.07, 6.45) is 4.03. The molecule has 2 aromatic heterocycles. The number of hydrazine groups is 1. The Labute approximate surface area is 156 Å². The Morgan fingerprint density at radius 2 is 1.89 bits per heavy atom. The number of hydrogen-bond acceptors (Lipinski definition) is 4. The van der Waals surface area contributed by atoms with Crippen molar-refractivity contribution in [2.45, 2.75) is 26.2 Å². The second kappa shape index (κ2) is 6.79. The highest BCUT2D eigenvalue weighted by Crippen LogP contribution is 2.47. The lowest BCUT2D eigenvalue weighted by molar-refractivity contribution is -0.117. The zero-order valence-corrected chi connectivity index (χ0v) is 15.1. The Balaban J connectivity index is 1.35. The van der Waals surface area contributed by atoms with Gasteiger partial charge in [0.25, 0.3) is 5.91 Å². The molecule has 4 rings (SSSR count). The lowest BCUT2D eigenvalue weighted by Gasteiger charge is -2.03. The second-order valence-corrected chi connectivity index (χ2v) is 6.89. The summed E-state index contributed by atoms with van der Waals surface area (Å²) in [6.45, 7) is 3.99. The van der Waals surface area contributed by atoms with Crippen LogP contribution in [0.25, 0.3) is 17.0 Å². The molecule has 1 aromatic carbocycles. The van der Waals surface area contributed by atoms with Crippen LogP contribution in [-0.2, 0) is 4.79 Å².